The topological polar surface area (TPSA) is 49.4 Å². The van der Waals surface area contributed by atoms with Gasteiger partial charge in [0.15, 0.2) is 17.5 Å². The van der Waals surface area contributed by atoms with Gasteiger partial charge in [0.1, 0.15) is 0 Å². The minimum absolute atomic E-state index is 0.0213. The Morgan fingerprint density at radius 2 is 1.52 bits per heavy atom. The summed E-state index contributed by atoms with van der Waals surface area (Å²) in [6.45, 7) is 0.583. The van der Waals surface area contributed by atoms with Crippen molar-refractivity contribution in [3.63, 3.8) is 0 Å². The van der Waals surface area contributed by atoms with Crippen molar-refractivity contribution in [1.82, 2.24) is 10.2 Å². The third-order valence-electron chi connectivity index (χ3n) is 5.62. The lowest BCUT2D eigenvalue weighted by molar-refractivity contribution is -0.127. The standard InChI is InChI=1S/C20H25F3N2O2/c21-16-8-7-15(17(22)18(16)23)20(27)25-11-9-13(10-12-25)19(26)24-14-5-3-1-2-4-6-14/h7-8,13-14H,1-6,9-12H2,(H,24,26). The van der Waals surface area contributed by atoms with Crippen molar-refractivity contribution >= 4 is 11.8 Å². The van der Waals surface area contributed by atoms with Crippen LogP contribution in [0.25, 0.3) is 0 Å². The van der Waals surface area contributed by atoms with E-state index in [2.05, 4.69) is 5.32 Å². The minimum Gasteiger partial charge on any atom is -0.353 e. The Balaban J connectivity index is 1.54. The molecule has 1 aromatic rings. The van der Waals surface area contributed by atoms with E-state index < -0.39 is 28.9 Å². The average molecular weight is 382 g/mol. The Morgan fingerprint density at radius 3 is 2.15 bits per heavy atom. The maximum atomic E-state index is 13.8. The highest BCUT2D eigenvalue weighted by Gasteiger charge is 2.30. The Hall–Kier alpha value is -2.05. The number of likely N-dealkylation sites (tertiary alicyclic amines) is 1. The lowest BCUT2D eigenvalue weighted by Gasteiger charge is -2.32. The summed E-state index contributed by atoms with van der Waals surface area (Å²) in [5.74, 6) is -5.25. The van der Waals surface area contributed by atoms with Crippen molar-refractivity contribution in [2.45, 2.75) is 57.4 Å². The smallest absolute Gasteiger partial charge is 0.256 e. The molecule has 1 aliphatic carbocycles. The second kappa shape index (κ2) is 8.76. The number of carbonyl (C=O) groups excluding carboxylic acids is 2. The molecular weight excluding hydrogens is 357 g/mol. The zero-order chi connectivity index (χ0) is 19.4. The number of benzene rings is 1. The molecule has 1 N–H and O–H groups in total. The number of amides is 2. The third kappa shape index (κ3) is 4.62. The number of nitrogens with zero attached hydrogens (tertiary/aromatic N) is 1. The molecule has 7 heteroatoms. The van der Waals surface area contributed by atoms with Gasteiger partial charge < -0.3 is 10.2 Å². The summed E-state index contributed by atoms with van der Waals surface area (Å²) in [6.07, 6.45) is 7.69. The highest BCUT2D eigenvalue weighted by atomic mass is 19.2. The van der Waals surface area contributed by atoms with Crippen molar-refractivity contribution in [2.24, 2.45) is 5.92 Å². The fraction of sp³-hybridized carbons (Fsp3) is 0.600. The number of hydrogen-bond acceptors (Lipinski definition) is 2. The maximum Gasteiger partial charge on any atom is 0.256 e. The van der Waals surface area contributed by atoms with Crippen LogP contribution in [-0.2, 0) is 4.79 Å². The van der Waals surface area contributed by atoms with Gasteiger partial charge in [0.25, 0.3) is 5.91 Å². The van der Waals surface area contributed by atoms with Gasteiger partial charge in [-0.2, -0.15) is 0 Å². The van der Waals surface area contributed by atoms with Crippen LogP contribution in [0.3, 0.4) is 0 Å². The summed E-state index contributed by atoms with van der Waals surface area (Å²) < 4.78 is 40.2. The molecule has 1 saturated heterocycles. The average Bonchev–Trinajstić information content (AvgIpc) is 2.94. The highest BCUT2D eigenvalue weighted by molar-refractivity contribution is 5.94. The molecule has 2 aliphatic rings. The summed E-state index contributed by atoms with van der Waals surface area (Å²) in [6, 6.07) is 1.94. The molecule has 0 spiro atoms. The lowest BCUT2D eigenvalue weighted by Crippen LogP contribution is -2.45. The van der Waals surface area contributed by atoms with Crippen LogP contribution in [0, 0.1) is 23.4 Å². The molecule has 1 aromatic carbocycles. The van der Waals surface area contributed by atoms with Gasteiger partial charge in [-0.15, -0.1) is 0 Å². The summed E-state index contributed by atoms with van der Waals surface area (Å²) in [5.41, 5.74) is -0.477. The molecule has 2 fully saturated rings. The zero-order valence-electron chi connectivity index (χ0n) is 15.3. The fourth-order valence-electron chi connectivity index (χ4n) is 3.95. The molecule has 27 heavy (non-hydrogen) atoms. The third-order valence-corrected chi connectivity index (χ3v) is 5.62. The molecule has 1 saturated carbocycles. The summed E-state index contributed by atoms with van der Waals surface area (Å²) in [7, 11) is 0. The number of halogens is 3. The first-order valence-corrected chi connectivity index (χ1v) is 9.70. The van der Waals surface area contributed by atoms with E-state index in [1.165, 1.54) is 17.7 Å². The second-order valence-electron chi connectivity index (χ2n) is 7.49. The molecule has 2 amide bonds. The molecule has 3 rings (SSSR count). The quantitative estimate of drug-likeness (QED) is 0.639. The number of nitrogens with one attached hydrogen (secondary N) is 1. The summed E-state index contributed by atoms with van der Waals surface area (Å²) in [5, 5.41) is 3.13. The van der Waals surface area contributed by atoms with Gasteiger partial charge in [0.2, 0.25) is 5.91 Å². The van der Waals surface area contributed by atoms with Gasteiger partial charge in [-0.05, 0) is 37.8 Å². The van der Waals surface area contributed by atoms with E-state index >= 15 is 0 Å². The van der Waals surface area contributed by atoms with E-state index in [9.17, 15) is 22.8 Å². The van der Waals surface area contributed by atoms with Gasteiger partial charge in [-0.1, -0.05) is 25.7 Å². The van der Waals surface area contributed by atoms with E-state index in [0.29, 0.717) is 25.9 Å². The first kappa shape index (κ1) is 19.7. The number of hydrogen-bond donors (Lipinski definition) is 1. The molecule has 148 valence electrons. The van der Waals surface area contributed by atoms with Crippen molar-refractivity contribution in [3.8, 4) is 0 Å². The zero-order valence-corrected chi connectivity index (χ0v) is 15.3. The van der Waals surface area contributed by atoms with Crippen LogP contribution in [-0.4, -0.2) is 35.8 Å². The molecule has 0 bridgehead atoms. The summed E-state index contributed by atoms with van der Waals surface area (Å²) >= 11 is 0. The van der Waals surface area contributed by atoms with Crippen LogP contribution in [0.4, 0.5) is 13.2 Å². The first-order valence-electron chi connectivity index (χ1n) is 9.70. The monoisotopic (exact) mass is 382 g/mol. The molecular formula is C20H25F3N2O2. The number of carbonyl (C=O) groups is 2. The van der Waals surface area contributed by atoms with Gasteiger partial charge in [0, 0.05) is 25.0 Å². The Morgan fingerprint density at radius 1 is 0.889 bits per heavy atom. The molecule has 4 nitrogen and oxygen atoms in total. The predicted molar refractivity (Wildman–Crippen MR) is 94.6 cm³/mol. The van der Waals surface area contributed by atoms with Crippen LogP contribution >= 0.6 is 0 Å². The van der Waals surface area contributed by atoms with E-state index in [0.717, 1.165) is 37.8 Å². The van der Waals surface area contributed by atoms with E-state index in [1.807, 2.05) is 0 Å². The van der Waals surface area contributed by atoms with Gasteiger partial charge >= 0.3 is 0 Å². The minimum atomic E-state index is -1.64. The highest BCUT2D eigenvalue weighted by Crippen LogP contribution is 2.23. The van der Waals surface area contributed by atoms with Crippen molar-refractivity contribution in [1.29, 1.82) is 0 Å². The number of rotatable bonds is 3. The SMILES string of the molecule is O=C(NC1CCCCCC1)C1CCN(C(=O)c2ccc(F)c(F)c2F)CC1. The molecule has 1 aliphatic heterocycles. The Labute approximate surface area is 157 Å². The van der Waals surface area contributed by atoms with Gasteiger partial charge in [0.05, 0.1) is 5.56 Å². The Bertz CT molecular complexity index is 695. The summed E-state index contributed by atoms with van der Waals surface area (Å²) in [4.78, 5) is 26.3. The first-order chi connectivity index (χ1) is 13.0. The Kier molecular flexibility index (Phi) is 6.39. The van der Waals surface area contributed by atoms with Crippen molar-refractivity contribution in [2.75, 3.05) is 13.1 Å². The van der Waals surface area contributed by atoms with Crippen molar-refractivity contribution < 1.29 is 22.8 Å². The molecule has 0 aromatic heterocycles. The van der Waals surface area contributed by atoms with E-state index in [1.54, 1.807) is 0 Å². The van der Waals surface area contributed by atoms with Crippen LogP contribution in [0.1, 0.15) is 61.7 Å². The van der Waals surface area contributed by atoms with Crippen LogP contribution in [0.2, 0.25) is 0 Å². The van der Waals surface area contributed by atoms with Gasteiger partial charge in [-0.25, -0.2) is 13.2 Å². The predicted octanol–water partition coefficient (Wildman–Crippen LogP) is 3.80. The normalized spacial score (nSPS) is 19.6. The number of piperidine rings is 1. The molecule has 0 atom stereocenters. The van der Waals surface area contributed by atoms with Crippen LogP contribution in [0.15, 0.2) is 12.1 Å². The van der Waals surface area contributed by atoms with Crippen LogP contribution in [0.5, 0.6) is 0 Å². The molecule has 1 heterocycles. The second-order valence-corrected chi connectivity index (χ2v) is 7.49. The van der Waals surface area contributed by atoms with E-state index in [4.69, 9.17) is 0 Å². The van der Waals surface area contributed by atoms with Crippen LogP contribution < -0.4 is 5.32 Å². The maximum absolute atomic E-state index is 13.8. The van der Waals surface area contributed by atoms with Crippen molar-refractivity contribution in [3.05, 3.63) is 35.1 Å². The fourth-order valence-corrected chi connectivity index (χ4v) is 3.95. The largest absolute Gasteiger partial charge is 0.353 e. The molecule has 0 unspecified atom stereocenters. The van der Waals surface area contributed by atoms with Gasteiger partial charge in [-0.3, -0.25) is 9.59 Å². The van der Waals surface area contributed by atoms with E-state index in [-0.39, 0.29) is 17.9 Å². The molecule has 0 radical (unpaired) electrons. The lowest BCUT2D eigenvalue weighted by atomic mass is 9.94.